The quantitative estimate of drug-likeness (QED) is 0.837. The first kappa shape index (κ1) is 16.0. The largest absolute Gasteiger partial charge is 0.371 e. The average Bonchev–Trinajstić information content (AvgIpc) is 3.01. The fourth-order valence-electron chi connectivity index (χ4n) is 2.92. The summed E-state index contributed by atoms with van der Waals surface area (Å²) in [6, 6.07) is 9.98. The van der Waals surface area contributed by atoms with Gasteiger partial charge < -0.3 is 10.2 Å². The van der Waals surface area contributed by atoms with Crippen LogP contribution in [0.1, 0.15) is 28.8 Å². The van der Waals surface area contributed by atoms with E-state index in [-0.39, 0.29) is 11.7 Å². The predicted octanol–water partition coefficient (Wildman–Crippen LogP) is 4.75. The van der Waals surface area contributed by atoms with Crippen molar-refractivity contribution in [2.24, 2.45) is 0 Å². The van der Waals surface area contributed by atoms with Crippen molar-refractivity contribution in [1.82, 2.24) is 0 Å². The van der Waals surface area contributed by atoms with Crippen LogP contribution in [0.3, 0.4) is 0 Å². The molecular formula is C18H18BrFN2O. The Morgan fingerprint density at radius 3 is 2.57 bits per heavy atom. The average molecular weight is 377 g/mol. The lowest BCUT2D eigenvalue weighted by Gasteiger charge is -2.20. The molecule has 120 valence electrons. The summed E-state index contributed by atoms with van der Waals surface area (Å²) in [6.07, 6.45) is 2.47. The van der Waals surface area contributed by atoms with E-state index in [4.69, 9.17) is 0 Å². The molecule has 0 spiro atoms. The maximum Gasteiger partial charge on any atom is 0.256 e. The molecule has 0 atom stereocenters. The highest BCUT2D eigenvalue weighted by Crippen LogP contribution is 2.27. The number of halogens is 2. The van der Waals surface area contributed by atoms with Crippen molar-refractivity contribution >= 4 is 33.2 Å². The standard InChI is InChI=1S/C18H18BrFN2O/c1-12-10-14(5-7-17(12)22-8-2-3-9-22)21-18(23)15-6-4-13(20)11-16(15)19/h4-7,10-11H,2-3,8-9H2,1H3,(H,21,23). The molecule has 1 fully saturated rings. The molecule has 0 unspecified atom stereocenters. The van der Waals surface area contributed by atoms with E-state index >= 15 is 0 Å². The van der Waals surface area contributed by atoms with Gasteiger partial charge in [0.15, 0.2) is 0 Å². The van der Waals surface area contributed by atoms with Crippen molar-refractivity contribution in [2.75, 3.05) is 23.3 Å². The van der Waals surface area contributed by atoms with E-state index in [1.54, 1.807) is 0 Å². The molecule has 2 aromatic carbocycles. The number of hydrogen-bond donors (Lipinski definition) is 1. The highest BCUT2D eigenvalue weighted by atomic mass is 79.9. The van der Waals surface area contributed by atoms with Crippen LogP contribution in [0.5, 0.6) is 0 Å². The van der Waals surface area contributed by atoms with Crippen LogP contribution in [0.15, 0.2) is 40.9 Å². The van der Waals surface area contributed by atoms with Gasteiger partial charge in [-0.15, -0.1) is 0 Å². The summed E-state index contributed by atoms with van der Waals surface area (Å²) in [5, 5.41) is 2.87. The molecule has 0 aromatic heterocycles. The number of nitrogens with zero attached hydrogens (tertiary/aromatic N) is 1. The molecular weight excluding hydrogens is 359 g/mol. The third kappa shape index (κ3) is 3.55. The van der Waals surface area contributed by atoms with E-state index < -0.39 is 0 Å². The second-order valence-electron chi connectivity index (χ2n) is 5.77. The monoisotopic (exact) mass is 376 g/mol. The molecule has 1 aliphatic rings. The van der Waals surface area contributed by atoms with Gasteiger partial charge in [0.1, 0.15) is 5.82 Å². The number of benzene rings is 2. The van der Waals surface area contributed by atoms with Gasteiger partial charge in [0, 0.05) is 28.9 Å². The lowest BCUT2D eigenvalue weighted by atomic mass is 10.1. The lowest BCUT2D eigenvalue weighted by Crippen LogP contribution is -2.19. The van der Waals surface area contributed by atoms with E-state index in [1.807, 2.05) is 12.1 Å². The van der Waals surface area contributed by atoms with Crippen LogP contribution in [0.25, 0.3) is 0 Å². The Kier molecular flexibility index (Phi) is 4.66. The summed E-state index contributed by atoms with van der Waals surface area (Å²) in [7, 11) is 0. The molecule has 5 heteroatoms. The van der Waals surface area contributed by atoms with Gasteiger partial charge in [-0.1, -0.05) is 0 Å². The SMILES string of the molecule is Cc1cc(NC(=O)c2ccc(F)cc2Br)ccc1N1CCCC1. The molecule has 0 radical (unpaired) electrons. The van der Waals surface area contributed by atoms with E-state index in [0.717, 1.165) is 24.3 Å². The summed E-state index contributed by atoms with van der Waals surface area (Å²) < 4.78 is 13.6. The zero-order valence-corrected chi connectivity index (χ0v) is 14.5. The Morgan fingerprint density at radius 1 is 1.17 bits per heavy atom. The third-order valence-corrected chi connectivity index (χ3v) is 4.73. The molecule has 2 aromatic rings. The molecule has 23 heavy (non-hydrogen) atoms. The van der Waals surface area contributed by atoms with Gasteiger partial charge in [0.25, 0.3) is 5.91 Å². The molecule has 1 amide bonds. The molecule has 3 nitrogen and oxygen atoms in total. The summed E-state index contributed by atoms with van der Waals surface area (Å²) in [4.78, 5) is 14.7. The van der Waals surface area contributed by atoms with Crippen molar-refractivity contribution in [3.05, 3.63) is 57.8 Å². The third-order valence-electron chi connectivity index (χ3n) is 4.08. The van der Waals surface area contributed by atoms with Crippen LogP contribution in [0.4, 0.5) is 15.8 Å². The molecule has 0 bridgehead atoms. The molecule has 1 saturated heterocycles. The Morgan fingerprint density at radius 2 is 1.91 bits per heavy atom. The highest BCUT2D eigenvalue weighted by molar-refractivity contribution is 9.10. The van der Waals surface area contributed by atoms with Crippen LogP contribution >= 0.6 is 15.9 Å². The lowest BCUT2D eigenvalue weighted by molar-refractivity contribution is 0.102. The zero-order chi connectivity index (χ0) is 16.4. The molecule has 1 aliphatic heterocycles. The minimum atomic E-state index is -0.376. The Bertz CT molecular complexity index is 742. The fraction of sp³-hybridized carbons (Fsp3) is 0.278. The van der Waals surface area contributed by atoms with Crippen molar-refractivity contribution < 1.29 is 9.18 Å². The van der Waals surface area contributed by atoms with Gasteiger partial charge in [-0.3, -0.25) is 4.79 Å². The zero-order valence-electron chi connectivity index (χ0n) is 12.9. The van der Waals surface area contributed by atoms with E-state index in [9.17, 15) is 9.18 Å². The molecule has 3 rings (SSSR count). The van der Waals surface area contributed by atoms with Gasteiger partial charge in [0.05, 0.1) is 5.56 Å². The van der Waals surface area contributed by atoms with Crippen LogP contribution < -0.4 is 10.2 Å². The number of hydrogen-bond acceptors (Lipinski definition) is 2. The first-order chi connectivity index (χ1) is 11.0. The Hall–Kier alpha value is -1.88. The van der Waals surface area contributed by atoms with Crippen LogP contribution in [0, 0.1) is 12.7 Å². The highest BCUT2D eigenvalue weighted by Gasteiger charge is 2.15. The van der Waals surface area contributed by atoms with Gasteiger partial charge in [-0.05, 0) is 77.7 Å². The number of carbonyl (C=O) groups is 1. The number of carbonyl (C=O) groups excluding carboxylic acids is 1. The van der Waals surface area contributed by atoms with Gasteiger partial charge in [-0.2, -0.15) is 0 Å². The van der Waals surface area contributed by atoms with Crippen molar-refractivity contribution in [2.45, 2.75) is 19.8 Å². The molecule has 1 heterocycles. The van der Waals surface area contributed by atoms with Gasteiger partial charge >= 0.3 is 0 Å². The second-order valence-corrected chi connectivity index (χ2v) is 6.63. The second kappa shape index (κ2) is 6.71. The van der Waals surface area contributed by atoms with E-state index in [2.05, 4.69) is 39.1 Å². The topological polar surface area (TPSA) is 32.3 Å². The molecule has 0 saturated carbocycles. The Labute approximate surface area is 143 Å². The normalized spacial score (nSPS) is 14.1. The number of nitrogens with one attached hydrogen (secondary N) is 1. The van der Waals surface area contributed by atoms with Crippen LogP contribution in [0.2, 0.25) is 0 Å². The first-order valence-corrected chi connectivity index (χ1v) is 8.46. The van der Waals surface area contributed by atoms with E-state index in [1.165, 1.54) is 36.7 Å². The van der Waals surface area contributed by atoms with Crippen molar-refractivity contribution in [1.29, 1.82) is 0 Å². The number of amides is 1. The summed E-state index contributed by atoms with van der Waals surface area (Å²) in [5.74, 6) is -0.635. The fourth-order valence-corrected chi connectivity index (χ4v) is 3.45. The van der Waals surface area contributed by atoms with E-state index in [0.29, 0.717) is 10.0 Å². The summed E-state index contributed by atoms with van der Waals surface area (Å²) in [6.45, 7) is 4.24. The Balaban J connectivity index is 1.77. The number of anilines is 2. The number of rotatable bonds is 3. The van der Waals surface area contributed by atoms with Crippen molar-refractivity contribution in [3.8, 4) is 0 Å². The minimum Gasteiger partial charge on any atom is -0.371 e. The van der Waals surface area contributed by atoms with Crippen LogP contribution in [-0.4, -0.2) is 19.0 Å². The first-order valence-electron chi connectivity index (χ1n) is 7.66. The van der Waals surface area contributed by atoms with Crippen molar-refractivity contribution in [3.63, 3.8) is 0 Å². The molecule has 1 N–H and O–H groups in total. The molecule has 0 aliphatic carbocycles. The maximum absolute atomic E-state index is 13.1. The summed E-state index contributed by atoms with van der Waals surface area (Å²) in [5.41, 5.74) is 3.52. The van der Waals surface area contributed by atoms with Gasteiger partial charge in [-0.25, -0.2) is 4.39 Å². The van der Waals surface area contributed by atoms with Crippen LogP contribution in [-0.2, 0) is 0 Å². The predicted molar refractivity (Wildman–Crippen MR) is 94.7 cm³/mol. The number of aryl methyl sites for hydroxylation is 1. The van der Waals surface area contributed by atoms with Gasteiger partial charge in [0.2, 0.25) is 0 Å². The minimum absolute atomic E-state index is 0.259. The maximum atomic E-state index is 13.1. The smallest absolute Gasteiger partial charge is 0.256 e. The summed E-state index contributed by atoms with van der Waals surface area (Å²) >= 11 is 3.22.